The zero-order chi connectivity index (χ0) is 22.7. The number of carbonyl (C=O) groups excluding carboxylic acids is 1. The molecule has 0 radical (unpaired) electrons. The van der Waals surface area contributed by atoms with Crippen LogP contribution in [0.3, 0.4) is 0 Å². The Labute approximate surface area is 194 Å². The third kappa shape index (κ3) is 5.17. The van der Waals surface area contributed by atoms with Gasteiger partial charge in [-0.05, 0) is 49.8 Å². The van der Waals surface area contributed by atoms with Gasteiger partial charge >= 0.3 is 0 Å². The van der Waals surface area contributed by atoms with Crippen molar-refractivity contribution in [3.63, 3.8) is 0 Å². The molecule has 0 saturated carbocycles. The van der Waals surface area contributed by atoms with E-state index in [1.807, 2.05) is 42.7 Å². The van der Waals surface area contributed by atoms with E-state index in [2.05, 4.69) is 20.5 Å². The molecule has 32 heavy (non-hydrogen) atoms. The van der Waals surface area contributed by atoms with Gasteiger partial charge in [0.05, 0.1) is 5.69 Å². The molecule has 0 aliphatic rings. The molecule has 0 spiro atoms. The van der Waals surface area contributed by atoms with Crippen molar-refractivity contribution < 1.29 is 9.18 Å². The fraction of sp³-hybridized carbons (Fsp3) is 0.217. The molecule has 0 saturated heterocycles. The van der Waals surface area contributed by atoms with Crippen LogP contribution in [0.15, 0.2) is 48.5 Å². The van der Waals surface area contributed by atoms with Crippen LogP contribution in [0.4, 0.5) is 9.52 Å². The molecule has 6 nitrogen and oxygen atoms in total. The van der Waals surface area contributed by atoms with Crippen LogP contribution in [0.5, 0.6) is 0 Å². The van der Waals surface area contributed by atoms with Crippen LogP contribution in [-0.4, -0.2) is 25.7 Å². The highest BCUT2D eigenvalue weighted by atomic mass is 32.1. The van der Waals surface area contributed by atoms with Gasteiger partial charge in [0.2, 0.25) is 5.91 Å². The summed E-state index contributed by atoms with van der Waals surface area (Å²) in [6, 6.07) is 14.4. The Morgan fingerprint density at radius 2 is 2.00 bits per heavy atom. The van der Waals surface area contributed by atoms with Crippen molar-refractivity contribution in [3.05, 3.63) is 80.8 Å². The molecule has 4 aromatic rings. The van der Waals surface area contributed by atoms with E-state index < -0.39 is 0 Å². The second-order valence-electron chi connectivity index (χ2n) is 7.50. The van der Waals surface area contributed by atoms with Crippen molar-refractivity contribution in [2.75, 3.05) is 5.32 Å². The second kappa shape index (κ2) is 9.54. The lowest BCUT2D eigenvalue weighted by Crippen LogP contribution is -2.15. The summed E-state index contributed by atoms with van der Waals surface area (Å²) in [5.74, 6) is 0.301. The third-order valence-electron chi connectivity index (χ3n) is 5.01. The number of halogens is 1. The molecule has 2 heterocycles. The Hall–Kier alpha value is -3.17. The zero-order valence-corrected chi connectivity index (χ0v) is 19.3. The predicted molar refractivity (Wildman–Crippen MR) is 127 cm³/mol. The molecule has 4 rings (SSSR count). The van der Waals surface area contributed by atoms with Gasteiger partial charge in [-0.25, -0.2) is 9.37 Å². The maximum absolute atomic E-state index is 13.1. The van der Waals surface area contributed by atoms with Crippen LogP contribution in [0, 0.1) is 24.4 Å². The number of benzene rings is 2. The van der Waals surface area contributed by atoms with E-state index in [-0.39, 0.29) is 18.1 Å². The SMILES string of the molecule is Cc1cccc(-c2n[nH]c(=S)n2CCC(=O)Nc2nc(C)c(Cc3ccc(F)cc3)s2)c1. The first-order valence-corrected chi connectivity index (χ1v) is 11.3. The summed E-state index contributed by atoms with van der Waals surface area (Å²) in [6.45, 7) is 4.32. The first-order chi connectivity index (χ1) is 15.4. The smallest absolute Gasteiger partial charge is 0.227 e. The summed E-state index contributed by atoms with van der Waals surface area (Å²) in [5.41, 5.74) is 3.91. The van der Waals surface area contributed by atoms with E-state index in [0.29, 0.717) is 28.7 Å². The minimum atomic E-state index is -0.258. The quantitative estimate of drug-likeness (QED) is 0.355. The van der Waals surface area contributed by atoms with E-state index in [0.717, 1.165) is 27.3 Å². The Balaban J connectivity index is 1.41. The monoisotopic (exact) mass is 467 g/mol. The molecular weight excluding hydrogens is 445 g/mol. The van der Waals surface area contributed by atoms with E-state index in [9.17, 15) is 9.18 Å². The van der Waals surface area contributed by atoms with Crippen molar-refractivity contribution in [1.82, 2.24) is 19.7 Å². The van der Waals surface area contributed by atoms with Gasteiger partial charge in [0.15, 0.2) is 15.7 Å². The highest BCUT2D eigenvalue weighted by molar-refractivity contribution is 7.71. The summed E-state index contributed by atoms with van der Waals surface area (Å²) in [6.07, 6.45) is 0.877. The first-order valence-electron chi connectivity index (χ1n) is 10.1. The molecule has 0 fully saturated rings. The first kappa shape index (κ1) is 22.0. The van der Waals surface area contributed by atoms with E-state index in [4.69, 9.17) is 12.2 Å². The summed E-state index contributed by atoms with van der Waals surface area (Å²) >= 11 is 6.79. The number of thiazole rings is 1. The summed E-state index contributed by atoms with van der Waals surface area (Å²) in [5, 5.41) is 10.6. The van der Waals surface area contributed by atoms with Crippen molar-refractivity contribution in [2.24, 2.45) is 0 Å². The van der Waals surface area contributed by atoms with E-state index in [1.54, 1.807) is 12.1 Å². The molecule has 164 valence electrons. The summed E-state index contributed by atoms with van der Waals surface area (Å²) in [7, 11) is 0. The number of nitrogens with zero attached hydrogens (tertiary/aromatic N) is 3. The largest absolute Gasteiger partial charge is 0.302 e. The summed E-state index contributed by atoms with van der Waals surface area (Å²) in [4.78, 5) is 18.1. The Morgan fingerprint density at radius 3 is 2.75 bits per heavy atom. The highest BCUT2D eigenvalue weighted by Gasteiger charge is 2.14. The molecule has 0 aliphatic carbocycles. The van der Waals surface area contributed by atoms with Crippen molar-refractivity contribution in [1.29, 1.82) is 0 Å². The molecule has 9 heteroatoms. The lowest BCUT2D eigenvalue weighted by Gasteiger charge is -2.07. The lowest BCUT2D eigenvalue weighted by molar-refractivity contribution is -0.116. The van der Waals surface area contributed by atoms with Crippen LogP contribution >= 0.6 is 23.6 Å². The molecule has 1 amide bonds. The van der Waals surface area contributed by atoms with Crippen molar-refractivity contribution in [3.8, 4) is 11.4 Å². The normalized spacial score (nSPS) is 11.0. The molecule has 2 aromatic heterocycles. The van der Waals surface area contributed by atoms with Crippen LogP contribution in [-0.2, 0) is 17.8 Å². The third-order valence-corrected chi connectivity index (χ3v) is 6.40. The van der Waals surface area contributed by atoms with Gasteiger partial charge < -0.3 is 5.32 Å². The molecule has 0 aliphatic heterocycles. The Kier molecular flexibility index (Phi) is 6.57. The van der Waals surface area contributed by atoms with Gasteiger partial charge in [-0.15, -0.1) is 11.3 Å². The average molecular weight is 468 g/mol. The number of hydrogen-bond acceptors (Lipinski definition) is 5. The highest BCUT2D eigenvalue weighted by Crippen LogP contribution is 2.26. The number of carbonyl (C=O) groups is 1. The Morgan fingerprint density at radius 1 is 1.22 bits per heavy atom. The number of aromatic nitrogens is 4. The number of aromatic amines is 1. The average Bonchev–Trinajstić information content (AvgIpc) is 3.29. The maximum atomic E-state index is 13.1. The summed E-state index contributed by atoms with van der Waals surface area (Å²) < 4.78 is 15.4. The van der Waals surface area contributed by atoms with Crippen LogP contribution in [0.2, 0.25) is 0 Å². The molecule has 2 N–H and O–H groups in total. The number of H-pyrrole nitrogens is 1. The van der Waals surface area contributed by atoms with Crippen molar-refractivity contribution in [2.45, 2.75) is 33.2 Å². The van der Waals surface area contributed by atoms with Gasteiger partial charge in [-0.3, -0.25) is 14.5 Å². The number of nitrogens with one attached hydrogen (secondary N) is 2. The fourth-order valence-corrected chi connectivity index (χ4v) is 4.59. The Bertz CT molecular complexity index is 1310. The number of rotatable bonds is 7. The number of hydrogen-bond donors (Lipinski definition) is 2. The minimum absolute atomic E-state index is 0.148. The second-order valence-corrected chi connectivity index (χ2v) is 8.97. The van der Waals surface area contributed by atoms with Crippen LogP contribution < -0.4 is 5.32 Å². The standard InChI is InChI=1S/C23H22FN5OS2/c1-14-4-3-5-17(12-14)21-27-28-23(31)29(21)11-10-20(30)26-22-25-15(2)19(32-22)13-16-6-8-18(24)9-7-16/h3-9,12H,10-11,13H2,1-2H3,(H,28,31)(H,25,26,30). The number of amides is 1. The lowest BCUT2D eigenvalue weighted by atomic mass is 10.1. The van der Waals surface area contributed by atoms with Gasteiger partial charge in [-0.2, -0.15) is 5.10 Å². The number of anilines is 1. The molecule has 2 aromatic carbocycles. The predicted octanol–water partition coefficient (Wildman–Crippen LogP) is 5.44. The maximum Gasteiger partial charge on any atom is 0.227 e. The van der Waals surface area contributed by atoms with Gasteiger partial charge in [0.25, 0.3) is 0 Å². The van der Waals surface area contributed by atoms with E-state index >= 15 is 0 Å². The topological polar surface area (TPSA) is 75.6 Å². The fourth-order valence-electron chi connectivity index (χ4n) is 3.36. The van der Waals surface area contributed by atoms with Gasteiger partial charge in [0.1, 0.15) is 5.82 Å². The molecular formula is C23H22FN5OS2. The van der Waals surface area contributed by atoms with Crippen molar-refractivity contribution >= 4 is 34.6 Å². The van der Waals surface area contributed by atoms with E-state index in [1.165, 1.54) is 23.5 Å². The van der Waals surface area contributed by atoms with Crippen LogP contribution in [0.1, 0.15) is 28.1 Å². The van der Waals surface area contributed by atoms with Gasteiger partial charge in [-0.1, -0.05) is 35.9 Å². The molecule has 0 unspecified atom stereocenters. The number of aryl methyl sites for hydroxylation is 2. The molecule has 0 bridgehead atoms. The minimum Gasteiger partial charge on any atom is -0.302 e. The zero-order valence-electron chi connectivity index (χ0n) is 17.7. The van der Waals surface area contributed by atoms with Crippen LogP contribution in [0.25, 0.3) is 11.4 Å². The van der Waals surface area contributed by atoms with Gasteiger partial charge in [0, 0.05) is 29.8 Å². The molecule has 0 atom stereocenters.